The molecular formula is C25H36O9. The van der Waals surface area contributed by atoms with Gasteiger partial charge in [-0.25, -0.2) is 4.79 Å². The summed E-state index contributed by atoms with van der Waals surface area (Å²) in [6.07, 6.45) is -2.25. The number of hydrogen-bond donors (Lipinski definition) is 5. The number of allylic oxidation sites excluding steroid dienone is 1. The molecule has 4 fully saturated rings. The topological polar surface area (TPSA) is 154 Å². The van der Waals surface area contributed by atoms with Crippen molar-refractivity contribution in [1.82, 2.24) is 0 Å². The van der Waals surface area contributed by atoms with Crippen LogP contribution < -0.4 is 0 Å². The van der Waals surface area contributed by atoms with E-state index in [4.69, 9.17) is 9.47 Å². The molecule has 12 atom stereocenters. The van der Waals surface area contributed by atoms with Gasteiger partial charge in [-0.05, 0) is 73.2 Å². The van der Waals surface area contributed by atoms with Gasteiger partial charge in [-0.3, -0.25) is 4.79 Å². The average Bonchev–Trinajstić information content (AvgIpc) is 3.09. The Hall–Kier alpha value is -1.36. The lowest BCUT2D eigenvalue weighted by Crippen LogP contribution is -2.62. The van der Waals surface area contributed by atoms with Crippen molar-refractivity contribution < 1.29 is 44.6 Å². The van der Waals surface area contributed by atoms with Crippen LogP contribution in [0.4, 0.5) is 0 Å². The number of aliphatic hydroxyl groups excluding tert-OH is 4. The van der Waals surface area contributed by atoms with E-state index in [-0.39, 0.29) is 29.0 Å². The molecule has 1 saturated heterocycles. The number of rotatable bonds is 3. The molecule has 3 saturated carbocycles. The van der Waals surface area contributed by atoms with Gasteiger partial charge in [0.25, 0.3) is 0 Å². The van der Waals surface area contributed by atoms with Crippen molar-refractivity contribution in [2.24, 2.45) is 28.6 Å². The third-order valence-electron chi connectivity index (χ3n) is 9.92. The lowest BCUT2D eigenvalue weighted by molar-refractivity contribution is -0.314. The van der Waals surface area contributed by atoms with Crippen LogP contribution in [0.25, 0.3) is 0 Å². The Kier molecular flexibility index (Phi) is 5.98. The third kappa shape index (κ3) is 3.50. The number of hydrogen-bond acceptors (Lipinski definition) is 8. The molecule has 4 aliphatic carbocycles. The first-order valence-corrected chi connectivity index (χ1v) is 12.5. The zero-order valence-corrected chi connectivity index (χ0v) is 19.7. The van der Waals surface area contributed by atoms with Crippen LogP contribution in [0.2, 0.25) is 0 Å². The molecular weight excluding hydrogens is 444 g/mol. The van der Waals surface area contributed by atoms with E-state index in [0.29, 0.717) is 19.3 Å². The molecule has 9 nitrogen and oxygen atoms in total. The van der Waals surface area contributed by atoms with Gasteiger partial charge in [-0.2, -0.15) is 0 Å². The summed E-state index contributed by atoms with van der Waals surface area (Å²) < 4.78 is 11.5. The number of carboxylic acid groups (broad SMARTS) is 1. The predicted octanol–water partition coefficient (Wildman–Crippen LogP) is 0.766. The SMILES string of the molecule is C[C@]12C[C@H](O)[C@H]3[C@@H](CCC4=CC(=O)CC[C@@]43C)[C@@H]1CC[C@@H]2O[C@@H]1O[C@H](C(=O)O)[C@@H](O)[C@H](O)[C@H]1O. The highest BCUT2D eigenvalue weighted by Crippen LogP contribution is 2.65. The van der Waals surface area contributed by atoms with E-state index in [1.54, 1.807) is 6.08 Å². The van der Waals surface area contributed by atoms with Crippen LogP contribution in [-0.2, 0) is 19.1 Å². The second-order valence-corrected chi connectivity index (χ2v) is 11.6. The van der Waals surface area contributed by atoms with E-state index >= 15 is 0 Å². The summed E-state index contributed by atoms with van der Waals surface area (Å²) in [5.74, 6) is -0.651. The Morgan fingerprint density at radius 1 is 1.06 bits per heavy atom. The number of fused-ring (bicyclic) bond motifs is 5. The molecule has 0 radical (unpaired) electrons. The van der Waals surface area contributed by atoms with Crippen LogP contribution >= 0.6 is 0 Å². The Bertz CT molecular complexity index is 888. The highest BCUT2D eigenvalue weighted by atomic mass is 16.7. The van der Waals surface area contributed by atoms with Crippen LogP contribution in [0.1, 0.15) is 58.8 Å². The lowest BCUT2D eigenvalue weighted by Gasteiger charge is -2.59. The first-order chi connectivity index (χ1) is 16.0. The average molecular weight is 481 g/mol. The summed E-state index contributed by atoms with van der Waals surface area (Å²) in [6, 6.07) is 0. The van der Waals surface area contributed by atoms with Crippen molar-refractivity contribution in [3.8, 4) is 0 Å². The Labute approximate surface area is 198 Å². The van der Waals surface area contributed by atoms with Gasteiger partial charge in [0.15, 0.2) is 18.2 Å². The summed E-state index contributed by atoms with van der Waals surface area (Å²) >= 11 is 0. The molecule has 34 heavy (non-hydrogen) atoms. The van der Waals surface area contributed by atoms with Crippen molar-refractivity contribution >= 4 is 11.8 Å². The van der Waals surface area contributed by atoms with Gasteiger partial charge < -0.3 is 35.0 Å². The molecule has 190 valence electrons. The third-order valence-corrected chi connectivity index (χ3v) is 9.92. The normalized spacial score (nSPS) is 52.9. The van der Waals surface area contributed by atoms with E-state index in [1.807, 2.05) is 0 Å². The molecule has 0 aromatic carbocycles. The minimum atomic E-state index is -1.76. The van der Waals surface area contributed by atoms with Gasteiger partial charge in [0.2, 0.25) is 0 Å². The van der Waals surface area contributed by atoms with Gasteiger partial charge in [-0.1, -0.05) is 19.4 Å². The molecule has 0 aromatic heterocycles. The molecule has 5 aliphatic rings. The molecule has 1 heterocycles. The second kappa shape index (κ2) is 8.35. The zero-order chi connectivity index (χ0) is 24.6. The highest BCUT2D eigenvalue weighted by Gasteiger charge is 2.63. The van der Waals surface area contributed by atoms with Crippen LogP contribution in [0, 0.1) is 28.6 Å². The number of carbonyl (C=O) groups excluding carboxylic acids is 1. The summed E-state index contributed by atoms with van der Waals surface area (Å²) in [4.78, 5) is 23.5. The zero-order valence-electron chi connectivity index (χ0n) is 19.7. The van der Waals surface area contributed by atoms with Crippen LogP contribution in [0.3, 0.4) is 0 Å². The van der Waals surface area contributed by atoms with Crippen molar-refractivity contribution in [2.45, 2.75) is 102 Å². The maximum absolute atomic E-state index is 12.0. The smallest absolute Gasteiger partial charge is 0.335 e. The maximum Gasteiger partial charge on any atom is 0.335 e. The van der Waals surface area contributed by atoms with Gasteiger partial charge in [0.1, 0.15) is 18.3 Å². The van der Waals surface area contributed by atoms with E-state index in [9.17, 15) is 35.1 Å². The van der Waals surface area contributed by atoms with Crippen molar-refractivity contribution in [3.63, 3.8) is 0 Å². The molecule has 1 aliphatic heterocycles. The fraction of sp³-hybridized carbons (Fsp3) is 0.840. The summed E-state index contributed by atoms with van der Waals surface area (Å²) in [6.45, 7) is 4.28. The van der Waals surface area contributed by atoms with E-state index in [2.05, 4.69) is 13.8 Å². The Morgan fingerprint density at radius 3 is 2.50 bits per heavy atom. The molecule has 0 bridgehead atoms. The number of ketones is 1. The molecule has 0 amide bonds. The minimum Gasteiger partial charge on any atom is -0.479 e. The fourth-order valence-electron chi connectivity index (χ4n) is 8.19. The summed E-state index contributed by atoms with van der Waals surface area (Å²) in [7, 11) is 0. The maximum atomic E-state index is 12.0. The summed E-state index contributed by atoms with van der Waals surface area (Å²) in [5, 5.41) is 51.4. The number of carboxylic acids is 1. The number of aliphatic carboxylic acids is 1. The van der Waals surface area contributed by atoms with Crippen LogP contribution in [0.5, 0.6) is 0 Å². The Morgan fingerprint density at radius 2 is 1.79 bits per heavy atom. The van der Waals surface area contributed by atoms with Crippen molar-refractivity contribution in [3.05, 3.63) is 11.6 Å². The number of carbonyl (C=O) groups is 2. The molecule has 0 unspecified atom stereocenters. The number of ether oxygens (including phenoxy) is 2. The monoisotopic (exact) mass is 480 g/mol. The first kappa shape index (κ1) is 24.3. The van der Waals surface area contributed by atoms with Crippen molar-refractivity contribution in [2.75, 3.05) is 0 Å². The molecule has 9 heteroatoms. The van der Waals surface area contributed by atoms with Gasteiger partial charge in [0, 0.05) is 6.42 Å². The van der Waals surface area contributed by atoms with Gasteiger partial charge >= 0.3 is 5.97 Å². The van der Waals surface area contributed by atoms with Crippen LogP contribution in [-0.4, -0.2) is 80.2 Å². The Balaban J connectivity index is 1.37. The fourth-order valence-corrected chi connectivity index (χ4v) is 8.19. The van der Waals surface area contributed by atoms with Crippen LogP contribution in [0.15, 0.2) is 11.6 Å². The van der Waals surface area contributed by atoms with E-state index < -0.39 is 54.3 Å². The lowest BCUT2D eigenvalue weighted by atomic mass is 9.46. The van der Waals surface area contributed by atoms with Gasteiger partial charge in [-0.15, -0.1) is 0 Å². The standard InChI is InChI=1S/C25H36O9/c1-24-8-7-12(26)9-11(24)3-4-13-14-5-6-16(25(14,2)10-15(27)17(13)24)33-23-20(30)18(28)19(29)21(34-23)22(31)32/h9,13-21,23,27-30H,3-8,10H2,1-2H3,(H,31,32)/t13-,14-,15-,16-,17+,18-,19-,20+,21-,23+,24-,25-/m0/s1. The minimum absolute atomic E-state index is 0.0716. The quantitative estimate of drug-likeness (QED) is 0.394. The first-order valence-electron chi connectivity index (χ1n) is 12.5. The molecule has 0 aromatic rings. The second-order valence-electron chi connectivity index (χ2n) is 11.6. The van der Waals surface area contributed by atoms with Crippen molar-refractivity contribution in [1.29, 1.82) is 0 Å². The van der Waals surface area contributed by atoms with E-state index in [1.165, 1.54) is 5.57 Å². The molecule has 0 spiro atoms. The predicted molar refractivity (Wildman–Crippen MR) is 117 cm³/mol. The van der Waals surface area contributed by atoms with E-state index in [0.717, 1.165) is 25.7 Å². The van der Waals surface area contributed by atoms with Gasteiger partial charge in [0.05, 0.1) is 12.2 Å². The largest absolute Gasteiger partial charge is 0.479 e. The molecule has 5 rings (SSSR count). The highest BCUT2D eigenvalue weighted by molar-refractivity contribution is 5.91. The molecule has 5 N–H and O–H groups in total. The summed E-state index contributed by atoms with van der Waals surface area (Å²) in [5.41, 5.74) is 0.573. The number of aliphatic hydroxyl groups is 4.